The molecule has 0 aliphatic rings. The molecule has 0 saturated heterocycles. The van der Waals surface area contributed by atoms with Gasteiger partial charge in [0.25, 0.3) is 5.69 Å². The van der Waals surface area contributed by atoms with Gasteiger partial charge in [0.05, 0.1) is 4.92 Å². The zero-order chi connectivity index (χ0) is 14.8. The van der Waals surface area contributed by atoms with Crippen molar-refractivity contribution >= 4 is 28.9 Å². The second-order valence-corrected chi connectivity index (χ2v) is 4.39. The third-order valence-electron chi connectivity index (χ3n) is 2.89. The molecule has 21 heavy (non-hydrogen) atoms. The maximum absolute atomic E-state index is 10.7. The van der Waals surface area contributed by atoms with Crippen LogP contribution in [0.3, 0.4) is 0 Å². The largest absolute Gasteiger partial charge is 0.508 e. The monoisotopic (exact) mass is 282 g/mol. The van der Waals surface area contributed by atoms with Gasteiger partial charge in [0.1, 0.15) is 11.3 Å². The van der Waals surface area contributed by atoms with Crippen LogP contribution in [0.15, 0.2) is 46.9 Å². The Hall–Kier alpha value is -3.15. The number of aromatic nitrogens is 1. The third kappa shape index (κ3) is 2.74. The first-order valence-electron chi connectivity index (χ1n) is 6.14. The van der Waals surface area contributed by atoms with Crippen LogP contribution in [-0.2, 0) is 0 Å². The number of fused-ring (bicyclic) bond motifs is 1. The molecule has 0 unspecified atom stereocenters. The minimum Gasteiger partial charge on any atom is -0.508 e. The van der Waals surface area contributed by atoms with Gasteiger partial charge in [0.15, 0.2) is 5.58 Å². The molecule has 0 atom stereocenters. The van der Waals surface area contributed by atoms with Gasteiger partial charge in [0, 0.05) is 18.2 Å². The average molecular weight is 282 g/mol. The Bertz CT molecular complexity index is 852. The van der Waals surface area contributed by atoms with E-state index >= 15 is 0 Å². The first kappa shape index (κ1) is 12.9. The molecule has 6 heteroatoms. The summed E-state index contributed by atoms with van der Waals surface area (Å²) in [5.41, 5.74) is 1.68. The molecule has 3 rings (SSSR count). The van der Waals surface area contributed by atoms with E-state index in [9.17, 15) is 15.2 Å². The van der Waals surface area contributed by atoms with E-state index in [-0.39, 0.29) is 11.4 Å². The van der Waals surface area contributed by atoms with E-state index in [0.717, 1.165) is 5.56 Å². The number of rotatable bonds is 3. The van der Waals surface area contributed by atoms with E-state index in [1.54, 1.807) is 30.4 Å². The molecule has 2 aromatic carbocycles. The van der Waals surface area contributed by atoms with Crippen molar-refractivity contribution in [2.75, 3.05) is 0 Å². The van der Waals surface area contributed by atoms with Crippen LogP contribution in [0.1, 0.15) is 11.5 Å². The van der Waals surface area contributed by atoms with Gasteiger partial charge < -0.3 is 9.52 Å². The minimum atomic E-state index is -0.476. The highest BCUT2D eigenvalue weighted by Crippen LogP contribution is 2.22. The van der Waals surface area contributed by atoms with Crippen LogP contribution < -0.4 is 0 Å². The van der Waals surface area contributed by atoms with Crippen molar-refractivity contribution in [3.8, 4) is 5.75 Å². The number of aromatic hydroxyl groups is 1. The van der Waals surface area contributed by atoms with E-state index < -0.39 is 4.92 Å². The molecule has 1 heterocycles. The second-order valence-electron chi connectivity index (χ2n) is 4.39. The fourth-order valence-electron chi connectivity index (χ4n) is 1.91. The van der Waals surface area contributed by atoms with E-state index in [2.05, 4.69) is 4.98 Å². The molecule has 0 saturated carbocycles. The highest BCUT2D eigenvalue weighted by atomic mass is 16.6. The fraction of sp³-hybridized carbons (Fsp3) is 0. The fourth-order valence-corrected chi connectivity index (χ4v) is 1.91. The lowest BCUT2D eigenvalue weighted by Crippen LogP contribution is -1.86. The van der Waals surface area contributed by atoms with E-state index in [1.807, 2.05) is 6.07 Å². The first-order chi connectivity index (χ1) is 10.1. The molecular formula is C15H10N2O4. The van der Waals surface area contributed by atoms with Gasteiger partial charge in [-0.05, 0) is 29.8 Å². The number of nitro benzene ring substituents is 1. The first-order valence-corrected chi connectivity index (χ1v) is 6.14. The summed E-state index contributed by atoms with van der Waals surface area (Å²) in [4.78, 5) is 14.4. The van der Waals surface area contributed by atoms with E-state index in [4.69, 9.17) is 4.42 Å². The molecule has 0 aliphatic heterocycles. The van der Waals surface area contributed by atoms with Crippen LogP contribution >= 0.6 is 0 Å². The predicted molar refractivity (Wildman–Crippen MR) is 77.7 cm³/mol. The SMILES string of the molecule is O=[N+]([O-])c1ccc2oc(/C=C/c3cccc(O)c3)nc2c1. The van der Waals surface area contributed by atoms with Gasteiger partial charge in [-0.3, -0.25) is 10.1 Å². The van der Waals surface area contributed by atoms with Crippen LogP contribution in [-0.4, -0.2) is 15.0 Å². The normalized spacial score (nSPS) is 11.2. The van der Waals surface area contributed by atoms with Gasteiger partial charge in [-0.2, -0.15) is 0 Å². The Morgan fingerprint density at radius 1 is 1.19 bits per heavy atom. The number of nitro groups is 1. The molecule has 6 nitrogen and oxygen atoms in total. The van der Waals surface area contributed by atoms with Crippen molar-refractivity contribution < 1.29 is 14.4 Å². The smallest absolute Gasteiger partial charge is 0.271 e. The Morgan fingerprint density at radius 2 is 2.05 bits per heavy atom. The van der Waals surface area contributed by atoms with Crippen LogP contribution in [0, 0.1) is 10.1 Å². The van der Waals surface area contributed by atoms with E-state index in [1.165, 1.54) is 18.2 Å². The van der Waals surface area contributed by atoms with Gasteiger partial charge in [-0.1, -0.05) is 12.1 Å². The molecule has 1 N–H and O–H groups in total. The van der Waals surface area contributed by atoms with Crippen LogP contribution in [0.25, 0.3) is 23.3 Å². The number of hydrogen-bond donors (Lipinski definition) is 1. The standard InChI is InChI=1S/C15H10N2O4/c18-12-3-1-2-10(8-12)4-7-15-16-13-9-11(17(19)20)5-6-14(13)21-15/h1-9,18H/b7-4+. The van der Waals surface area contributed by atoms with Gasteiger partial charge in [-0.15, -0.1) is 0 Å². The van der Waals surface area contributed by atoms with Gasteiger partial charge in [-0.25, -0.2) is 4.98 Å². The lowest BCUT2D eigenvalue weighted by atomic mass is 10.2. The summed E-state index contributed by atoms with van der Waals surface area (Å²) in [6.45, 7) is 0. The molecule has 3 aromatic rings. The average Bonchev–Trinajstić information content (AvgIpc) is 2.87. The zero-order valence-corrected chi connectivity index (χ0v) is 10.8. The molecule has 0 amide bonds. The lowest BCUT2D eigenvalue weighted by Gasteiger charge is -1.93. The van der Waals surface area contributed by atoms with Crippen molar-refractivity contribution in [3.63, 3.8) is 0 Å². The van der Waals surface area contributed by atoms with Crippen LogP contribution in [0.4, 0.5) is 5.69 Å². The Kier molecular flexibility index (Phi) is 3.12. The van der Waals surface area contributed by atoms with Crippen molar-refractivity contribution in [1.82, 2.24) is 4.98 Å². The molecule has 0 bridgehead atoms. The Morgan fingerprint density at radius 3 is 2.81 bits per heavy atom. The molecule has 0 radical (unpaired) electrons. The maximum atomic E-state index is 10.7. The summed E-state index contributed by atoms with van der Waals surface area (Å²) in [5, 5.41) is 20.1. The van der Waals surface area contributed by atoms with Crippen molar-refractivity contribution in [2.45, 2.75) is 0 Å². The number of hydrogen-bond acceptors (Lipinski definition) is 5. The number of oxazole rings is 1. The predicted octanol–water partition coefficient (Wildman–Crippen LogP) is 3.61. The summed E-state index contributed by atoms with van der Waals surface area (Å²) in [5.74, 6) is 0.513. The highest BCUT2D eigenvalue weighted by molar-refractivity contribution is 5.78. The Labute approximate surface area is 119 Å². The van der Waals surface area contributed by atoms with E-state index in [0.29, 0.717) is 17.0 Å². The number of benzene rings is 2. The summed E-state index contributed by atoms with van der Waals surface area (Å²) >= 11 is 0. The topological polar surface area (TPSA) is 89.4 Å². The summed E-state index contributed by atoms with van der Waals surface area (Å²) in [6, 6.07) is 11.0. The summed E-state index contributed by atoms with van der Waals surface area (Å²) in [6.07, 6.45) is 3.37. The number of nitrogens with zero attached hydrogens (tertiary/aromatic N) is 2. The van der Waals surface area contributed by atoms with Crippen molar-refractivity contribution in [3.05, 3.63) is 64.0 Å². The molecule has 1 aromatic heterocycles. The zero-order valence-electron chi connectivity index (χ0n) is 10.8. The van der Waals surface area contributed by atoms with Crippen LogP contribution in [0.2, 0.25) is 0 Å². The third-order valence-corrected chi connectivity index (χ3v) is 2.89. The lowest BCUT2D eigenvalue weighted by molar-refractivity contribution is -0.384. The molecule has 0 spiro atoms. The quantitative estimate of drug-likeness (QED) is 0.585. The highest BCUT2D eigenvalue weighted by Gasteiger charge is 2.10. The van der Waals surface area contributed by atoms with Crippen LogP contribution in [0.5, 0.6) is 5.75 Å². The summed E-state index contributed by atoms with van der Waals surface area (Å²) < 4.78 is 5.47. The van der Waals surface area contributed by atoms with Gasteiger partial charge in [0.2, 0.25) is 5.89 Å². The van der Waals surface area contributed by atoms with Gasteiger partial charge >= 0.3 is 0 Å². The molecule has 0 fully saturated rings. The summed E-state index contributed by atoms with van der Waals surface area (Å²) in [7, 11) is 0. The Balaban J connectivity index is 1.92. The number of phenolic OH excluding ortho intramolecular Hbond substituents is 1. The molecule has 104 valence electrons. The number of phenols is 1. The molecule has 0 aliphatic carbocycles. The maximum Gasteiger partial charge on any atom is 0.271 e. The number of non-ortho nitro benzene ring substituents is 1. The van der Waals surface area contributed by atoms with Crippen molar-refractivity contribution in [2.24, 2.45) is 0 Å². The minimum absolute atomic E-state index is 0.0284. The van der Waals surface area contributed by atoms with Crippen molar-refractivity contribution in [1.29, 1.82) is 0 Å². The molecular weight excluding hydrogens is 272 g/mol. The second kappa shape index (κ2) is 5.09.